The van der Waals surface area contributed by atoms with Gasteiger partial charge in [0.25, 0.3) is 0 Å². The first-order valence-electron chi connectivity index (χ1n) is 13.7. The molecule has 0 bridgehead atoms. The molecule has 240 valence electrons. The van der Waals surface area contributed by atoms with Crippen molar-refractivity contribution in [1.29, 1.82) is 0 Å². The summed E-state index contributed by atoms with van der Waals surface area (Å²) in [5, 5.41) is 2.33. The van der Waals surface area contributed by atoms with E-state index < -0.39 is 68.9 Å². The standard InChI is InChI=1S/C24H40F3N3O9SSi2/c1-13(2)41(14(3)4)35-12-18-20(38-42(39-41,15(5)6)16(7)8)21(37-40(33,34)24(25,26)27)22(36-18)30-11-10-19(28-17(9)31)29-23(30)32/h10-11,13-16,18,20-22H,12H2,1-9H3,(H,28,29,31,32)/t18-,20-,21+,22-/m1/s1. The highest BCUT2D eigenvalue weighted by atomic mass is 32.2. The molecule has 2 aliphatic heterocycles. The smallest absolute Gasteiger partial charge is 0.414 e. The molecule has 0 aliphatic carbocycles. The van der Waals surface area contributed by atoms with Gasteiger partial charge in [-0.15, -0.1) is 0 Å². The molecule has 3 rings (SSSR count). The molecule has 0 saturated carbocycles. The van der Waals surface area contributed by atoms with Crippen molar-refractivity contribution in [2.24, 2.45) is 0 Å². The van der Waals surface area contributed by atoms with Gasteiger partial charge in [-0.05, 0) is 28.2 Å². The number of hydrogen-bond acceptors (Lipinski definition) is 10. The van der Waals surface area contributed by atoms with E-state index in [1.54, 1.807) is 0 Å². The Balaban J connectivity index is 2.22. The number of carbonyl (C=O) groups is 1. The molecule has 3 heterocycles. The van der Waals surface area contributed by atoms with Gasteiger partial charge in [0.2, 0.25) is 5.91 Å². The zero-order valence-electron chi connectivity index (χ0n) is 25.1. The molecule has 1 aromatic rings. The number of anilines is 1. The van der Waals surface area contributed by atoms with E-state index >= 15 is 0 Å². The second-order valence-electron chi connectivity index (χ2n) is 11.8. The molecular formula is C24H40F3N3O9SSi2. The van der Waals surface area contributed by atoms with Crippen LogP contribution < -0.4 is 11.0 Å². The Morgan fingerprint density at radius 3 is 2.07 bits per heavy atom. The molecule has 1 aromatic heterocycles. The normalized spacial score (nSPS) is 26.4. The first-order valence-corrected chi connectivity index (χ1v) is 19.1. The number of ether oxygens (including phenoxy) is 1. The zero-order chi connectivity index (χ0) is 32.0. The van der Waals surface area contributed by atoms with Crippen LogP contribution in [-0.4, -0.2) is 71.4 Å². The Kier molecular flexibility index (Phi) is 10.3. The van der Waals surface area contributed by atoms with E-state index in [0.29, 0.717) is 0 Å². The van der Waals surface area contributed by atoms with Gasteiger partial charge < -0.3 is 23.0 Å². The van der Waals surface area contributed by atoms with Gasteiger partial charge in [-0.3, -0.25) is 13.5 Å². The van der Waals surface area contributed by atoms with Crippen molar-refractivity contribution in [3.63, 3.8) is 0 Å². The molecule has 0 aromatic carbocycles. The van der Waals surface area contributed by atoms with Crippen molar-refractivity contribution in [2.45, 2.75) is 115 Å². The summed E-state index contributed by atoms with van der Waals surface area (Å²) >= 11 is 0. The number of fused-ring (bicyclic) bond motifs is 1. The van der Waals surface area contributed by atoms with Crippen LogP contribution in [0.5, 0.6) is 0 Å². The molecule has 2 aliphatic rings. The first kappa shape index (κ1) is 34.8. The lowest BCUT2D eigenvalue weighted by molar-refractivity contribution is -0.114. The fourth-order valence-electron chi connectivity index (χ4n) is 5.51. The van der Waals surface area contributed by atoms with E-state index in [4.69, 9.17) is 21.9 Å². The lowest BCUT2D eigenvalue weighted by Crippen LogP contribution is -2.66. The van der Waals surface area contributed by atoms with Crippen LogP contribution in [0.3, 0.4) is 0 Å². The van der Waals surface area contributed by atoms with Crippen molar-refractivity contribution in [3.8, 4) is 0 Å². The molecule has 1 amide bonds. The molecule has 4 atom stereocenters. The van der Waals surface area contributed by atoms with Crippen LogP contribution in [0.15, 0.2) is 17.1 Å². The summed E-state index contributed by atoms with van der Waals surface area (Å²) in [5.74, 6) is -0.623. The molecular weight excluding hydrogens is 620 g/mol. The molecule has 0 unspecified atom stereocenters. The Morgan fingerprint density at radius 2 is 1.62 bits per heavy atom. The van der Waals surface area contributed by atoms with Crippen molar-refractivity contribution < 1.29 is 48.3 Å². The molecule has 42 heavy (non-hydrogen) atoms. The molecule has 1 N–H and O–H groups in total. The number of halogens is 3. The van der Waals surface area contributed by atoms with E-state index in [1.165, 1.54) is 13.0 Å². The Morgan fingerprint density at radius 1 is 1.07 bits per heavy atom. The third kappa shape index (κ3) is 6.54. The highest BCUT2D eigenvalue weighted by molar-refractivity contribution is 7.87. The highest BCUT2D eigenvalue weighted by Gasteiger charge is 2.63. The van der Waals surface area contributed by atoms with Crippen molar-refractivity contribution in [2.75, 3.05) is 11.9 Å². The number of hydrogen-bond donors (Lipinski definition) is 1. The first-order chi connectivity index (χ1) is 19.2. The Bertz CT molecular complexity index is 1290. The summed E-state index contributed by atoms with van der Waals surface area (Å²) in [7, 11) is -12.7. The monoisotopic (exact) mass is 659 g/mol. The van der Waals surface area contributed by atoms with Gasteiger partial charge >= 0.3 is 38.4 Å². The average Bonchev–Trinajstić information content (AvgIpc) is 3.12. The summed E-state index contributed by atoms with van der Waals surface area (Å²) in [6.07, 6.45) is -5.09. The van der Waals surface area contributed by atoms with Crippen LogP contribution in [-0.2, 0) is 36.8 Å². The minimum Gasteiger partial charge on any atom is -0.414 e. The summed E-state index contributed by atoms with van der Waals surface area (Å²) in [5.41, 5.74) is -7.38. The summed E-state index contributed by atoms with van der Waals surface area (Å²) in [6.45, 7) is 16.4. The number of nitrogens with one attached hydrogen (secondary N) is 1. The van der Waals surface area contributed by atoms with Gasteiger partial charge in [-0.1, -0.05) is 55.4 Å². The molecule has 0 spiro atoms. The van der Waals surface area contributed by atoms with Crippen LogP contribution >= 0.6 is 0 Å². The third-order valence-corrected chi connectivity index (χ3v) is 18.8. The summed E-state index contributed by atoms with van der Waals surface area (Å²) in [4.78, 5) is 28.1. The predicted octanol–water partition coefficient (Wildman–Crippen LogP) is 4.29. The van der Waals surface area contributed by atoms with Crippen LogP contribution in [0.25, 0.3) is 0 Å². The maximum Gasteiger partial charge on any atom is 0.523 e. The summed E-state index contributed by atoms with van der Waals surface area (Å²) in [6, 6.07) is 1.22. The fourth-order valence-corrected chi connectivity index (χ4v) is 17.3. The van der Waals surface area contributed by atoms with Gasteiger partial charge in [0.05, 0.1) is 6.61 Å². The van der Waals surface area contributed by atoms with E-state index in [9.17, 15) is 31.2 Å². The van der Waals surface area contributed by atoms with Crippen LogP contribution in [0.2, 0.25) is 22.2 Å². The largest absolute Gasteiger partial charge is 0.523 e. The lowest BCUT2D eigenvalue weighted by atomic mass is 10.1. The van der Waals surface area contributed by atoms with Crippen LogP contribution in [0, 0.1) is 0 Å². The van der Waals surface area contributed by atoms with Gasteiger partial charge in [0.1, 0.15) is 18.0 Å². The van der Waals surface area contributed by atoms with E-state index in [-0.39, 0.29) is 34.6 Å². The molecule has 18 heteroatoms. The molecule has 12 nitrogen and oxygen atoms in total. The van der Waals surface area contributed by atoms with E-state index in [2.05, 4.69) is 10.3 Å². The van der Waals surface area contributed by atoms with Crippen molar-refractivity contribution >= 4 is 39.0 Å². The third-order valence-electron chi connectivity index (χ3n) is 7.55. The zero-order valence-corrected chi connectivity index (χ0v) is 27.9. The van der Waals surface area contributed by atoms with Crippen molar-refractivity contribution in [1.82, 2.24) is 9.55 Å². The fraction of sp³-hybridized carbons (Fsp3) is 0.792. The number of alkyl halides is 3. The van der Waals surface area contributed by atoms with Crippen molar-refractivity contribution in [3.05, 3.63) is 22.7 Å². The van der Waals surface area contributed by atoms with Crippen LogP contribution in [0.4, 0.5) is 19.0 Å². The summed E-state index contributed by atoms with van der Waals surface area (Å²) < 4.78 is 97.4. The van der Waals surface area contributed by atoms with Gasteiger partial charge in [0, 0.05) is 13.1 Å². The van der Waals surface area contributed by atoms with Crippen LogP contribution in [0.1, 0.15) is 68.5 Å². The minimum atomic E-state index is -6.17. The van der Waals surface area contributed by atoms with E-state index in [1.807, 2.05) is 55.4 Å². The topological polar surface area (TPSA) is 144 Å². The minimum absolute atomic E-state index is 0.0509. The molecule has 2 fully saturated rings. The molecule has 2 saturated heterocycles. The second-order valence-corrected chi connectivity index (χ2v) is 22.2. The van der Waals surface area contributed by atoms with Gasteiger partial charge in [-0.2, -0.15) is 26.6 Å². The SMILES string of the molecule is CC(=O)Nc1ccn([C@@H]2O[C@@H]3CO[Si](C(C)C)(C(C)C)O[Si](C(C)C)(C(C)C)O[C@H]3[C@@H]2OS(=O)(=O)C(F)(F)F)c(=O)n1. The van der Waals surface area contributed by atoms with Gasteiger partial charge in [0.15, 0.2) is 12.3 Å². The quantitative estimate of drug-likeness (QED) is 0.244. The second kappa shape index (κ2) is 12.4. The number of nitrogens with zero attached hydrogens (tertiary/aromatic N) is 2. The number of aromatic nitrogens is 2. The maximum absolute atomic E-state index is 13.6. The average molecular weight is 660 g/mol. The van der Waals surface area contributed by atoms with Gasteiger partial charge in [-0.25, -0.2) is 4.79 Å². The number of rotatable bonds is 8. The van der Waals surface area contributed by atoms with E-state index in [0.717, 1.165) is 10.8 Å². The number of carbonyl (C=O) groups excluding carboxylic acids is 1. The number of amides is 1. The highest BCUT2D eigenvalue weighted by Crippen LogP contribution is 2.49. The Hall–Kier alpha value is -1.68. The Labute approximate surface area is 245 Å². The maximum atomic E-state index is 13.6. The predicted molar refractivity (Wildman–Crippen MR) is 150 cm³/mol. The lowest BCUT2D eigenvalue weighted by Gasteiger charge is -2.51. The molecule has 0 radical (unpaired) electrons.